The Morgan fingerprint density at radius 2 is 1.16 bits per heavy atom. The Balaban J connectivity index is 0.000000360. The zero-order valence-electron chi connectivity index (χ0n) is 30.9. The number of hydrogen-bond acceptors (Lipinski definition) is 12. The van der Waals surface area contributed by atoms with E-state index < -0.39 is 42.4 Å². The largest absolute Gasteiger partial charge is 0.479 e. The van der Waals surface area contributed by atoms with Crippen molar-refractivity contribution >= 4 is 41.9 Å². The maximum Gasteiger partial charge on any atom is 0.435 e. The molecule has 0 bridgehead atoms. The molecule has 0 saturated heterocycles. The molecule has 0 aliphatic heterocycles. The maximum absolute atomic E-state index is 12.1. The molecule has 1 aromatic heterocycles. The van der Waals surface area contributed by atoms with Crippen LogP contribution in [0.2, 0.25) is 0 Å². The zero-order chi connectivity index (χ0) is 41.8. The Morgan fingerprint density at radius 3 is 1.58 bits per heavy atom. The van der Waals surface area contributed by atoms with Gasteiger partial charge in [-0.05, 0) is 48.6 Å². The minimum atomic E-state index is -1.55. The van der Waals surface area contributed by atoms with E-state index in [9.17, 15) is 29.1 Å². The third-order valence-corrected chi connectivity index (χ3v) is 7.03. The van der Waals surface area contributed by atoms with Gasteiger partial charge in [-0.2, -0.15) is 10.1 Å². The summed E-state index contributed by atoms with van der Waals surface area (Å²) in [6, 6.07) is 29.2. The highest BCUT2D eigenvalue weighted by Crippen LogP contribution is 2.07. The predicted octanol–water partition coefficient (Wildman–Crippen LogP) is 4.28. The molecule has 0 spiro atoms. The number of amidine groups is 1. The van der Waals surface area contributed by atoms with E-state index in [-0.39, 0.29) is 57.9 Å². The molecule has 0 saturated carbocycles. The summed E-state index contributed by atoms with van der Waals surface area (Å²) in [5.74, 6) is -2.27. The molecule has 0 fully saturated rings. The van der Waals surface area contributed by atoms with Gasteiger partial charge in [0.1, 0.15) is 31.5 Å². The van der Waals surface area contributed by atoms with Crippen LogP contribution in [0.3, 0.4) is 0 Å². The lowest BCUT2D eigenvalue weighted by Crippen LogP contribution is -2.32. The monoisotopic (exact) mass is 790 g/mol. The van der Waals surface area contributed by atoms with E-state index in [4.69, 9.17) is 35.3 Å². The van der Waals surface area contributed by atoms with Crippen LogP contribution in [0.1, 0.15) is 42.4 Å². The standard InChI is InChI=1S/C22H24N2O7.C13H13N3O2.C4H9NO3/c25-18(20(26)27)12-7-13-19(23-21(28)30-14-16-8-3-1-4-9-16)24-22(29)31-15-17-10-5-2-6-11-17;1-11(16-9-5-8-14-16)15-13(17)18-10-12-6-3-2-4-7-12;5-2-1-3(6)4(7)8/h1-6,8-11,18,25H,7,12-15H2,(H,26,27)(H,23,24,28,29);2-9H,1,10H2,(H,15,17);3,6H,1-2,5H2,(H,7,8)/t18-;;3-/m0.0/s1. The first-order valence-corrected chi connectivity index (χ1v) is 17.3. The fourth-order valence-electron chi connectivity index (χ4n) is 4.12. The molecule has 304 valence electrons. The van der Waals surface area contributed by atoms with E-state index >= 15 is 0 Å². The van der Waals surface area contributed by atoms with Crippen LogP contribution in [-0.2, 0) is 43.6 Å². The van der Waals surface area contributed by atoms with Gasteiger partial charge in [0.2, 0.25) is 0 Å². The minimum absolute atomic E-state index is 0.00658. The van der Waals surface area contributed by atoms with Gasteiger partial charge >= 0.3 is 30.2 Å². The number of aliphatic hydroxyl groups is 2. The Labute approximate surface area is 328 Å². The van der Waals surface area contributed by atoms with Crippen LogP contribution < -0.4 is 16.4 Å². The van der Waals surface area contributed by atoms with Crippen molar-refractivity contribution in [3.05, 3.63) is 133 Å². The second-order valence-electron chi connectivity index (χ2n) is 11.5. The van der Waals surface area contributed by atoms with Crippen LogP contribution >= 0.6 is 0 Å². The van der Waals surface area contributed by atoms with E-state index in [1.165, 1.54) is 4.68 Å². The number of carboxylic acids is 2. The lowest BCUT2D eigenvalue weighted by atomic mass is 10.1. The number of hydrogen-bond donors (Lipinski definition) is 7. The number of ether oxygens (including phenoxy) is 3. The highest BCUT2D eigenvalue weighted by Gasteiger charge is 2.16. The number of nitrogens with two attached hydrogens (primary N) is 1. The number of carbonyl (C=O) groups is 5. The highest BCUT2D eigenvalue weighted by atomic mass is 16.6. The van der Waals surface area contributed by atoms with Gasteiger partial charge in [0.15, 0.2) is 12.2 Å². The number of nitrogens with one attached hydrogen (secondary N) is 2. The number of aliphatic hydroxyl groups excluding tert-OH is 2. The molecule has 0 radical (unpaired) electrons. The van der Waals surface area contributed by atoms with Gasteiger partial charge in [-0.15, -0.1) is 0 Å². The van der Waals surface area contributed by atoms with Gasteiger partial charge in [-0.3, -0.25) is 10.6 Å². The highest BCUT2D eigenvalue weighted by molar-refractivity contribution is 6.00. The summed E-state index contributed by atoms with van der Waals surface area (Å²) in [5, 5.41) is 43.4. The number of nitrogens with zero attached hydrogens (tertiary/aromatic N) is 3. The summed E-state index contributed by atoms with van der Waals surface area (Å²) in [6.07, 6.45) is -1.61. The maximum atomic E-state index is 12.1. The summed E-state index contributed by atoms with van der Waals surface area (Å²) in [5.41, 5.74) is 7.42. The molecule has 4 aromatic rings. The van der Waals surface area contributed by atoms with Crippen LogP contribution in [0.5, 0.6) is 0 Å². The van der Waals surface area contributed by atoms with Crippen molar-refractivity contribution in [2.75, 3.05) is 6.54 Å². The van der Waals surface area contributed by atoms with Gasteiger partial charge in [-0.1, -0.05) is 97.6 Å². The molecule has 3 amide bonds. The molecular formula is C39H46N6O12. The molecular weight excluding hydrogens is 744 g/mol. The van der Waals surface area contributed by atoms with E-state index in [0.29, 0.717) is 5.82 Å². The number of amides is 3. The molecule has 57 heavy (non-hydrogen) atoms. The van der Waals surface area contributed by atoms with Crippen molar-refractivity contribution < 1.29 is 58.6 Å². The average molecular weight is 791 g/mol. The lowest BCUT2D eigenvalue weighted by molar-refractivity contribution is -0.147. The quantitative estimate of drug-likeness (QED) is 0.0474. The number of aliphatic imine (C=N–C) groups is 1. The molecule has 18 nitrogen and oxygen atoms in total. The van der Waals surface area contributed by atoms with E-state index in [2.05, 4.69) is 27.3 Å². The van der Waals surface area contributed by atoms with Crippen molar-refractivity contribution in [2.45, 2.75) is 57.7 Å². The third-order valence-electron chi connectivity index (χ3n) is 7.03. The van der Waals surface area contributed by atoms with E-state index in [1.54, 1.807) is 67.0 Å². The van der Waals surface area contributed by atoms with Crippen molar-refractivity contribution in [3.8, 4) is 0 Å². The normalized spacial score (nSPS) is 11.5. The van der Waals surface area contributed by atoms with Crippen LogP contribution in [0, 0.1) is 0 Å². The summed E-state index contributed by atoms with van der Waals surface area (Å²) in [4.78, 5) is 59.9. The number of rotatable bonds is 16. The second kappa shape index (κ2) is 26.8. The molecule has 3 aromatic carbocycles. The Kier molecular flexibility index (Phi) is 21.8. The second-order valence-corrected chi connectivity index (χ2v) is 11.5. The Morgan fingerprint density at radius 1 is 0.702 bits per heavy atom. The topological polar surface area (TPSA) is 274 Å². The lowest BCUT2D eigenvalue weighted by Gasteiger charge is -2.11. The average Bonchev–Trinajstić information content (AvgIpc) is 3.76. The minimum Gasteiger partial charge on any atom is -0.479 e. The molecule has 8 N–H and O–H groups in total. The van der Waals surface area contributed by atoms with Gasteiger partial charge in [0.05, 0.1) is 0 Å². The smallest absolute Gasteiger partial charge is 0.435 e. The zero-order valence-corrected chi connectivity index (χ0v) is 30.9. The number of aliphatic carboxylic acids is 2. The van der Waals surface area contributed by atoms with E-state index in [1.807, 2.05) is 42.5 Å². The first-order chi connectivity index (χ1) is 27.4. The number of carboxylic acid groups (broad SMARTS) is 2. The molecule has 0 aliphatic carbocycles. The van der Waals surface area contributed by atoms with Gasteiger partial charge < -0.3 is 40.4 Å². The Bertz CT molecular complexity index is 1840. The number of carbonyl (C=O) groups excluding carboxylic acids is 3. The molecule has 18 heteroatoms. The first-order valence-electron chi connectivity index (χ1n) is 17.3. The van der Waals surface area contributed by atoms with Gasteiger partial charge in [0.25, 0.3) is 0 Å². The van der Waals surface area contributed by atoms with Crippen LogP contribution in [0.15, 0.2) is 121 Å². The number of aromatic nitrogens is 2. The van der Waals surface area contributed by atoms with Crippen molar-refractivity contribution in [1.29, 1.82) is 0 Å². The van der Waals surface area contributed by atoms with Crippen LogP contribution in [-0.4, -0.2) is 85.0 Å². The first kappa shape index (κ1) is 46.3. The van der Waals surface area contributed by atoms with Crippen LogP contribution in [0.4, 0.5) is 14.4 Å². The third kappa shape index (κ3) is 21.0. The fraction of sp³-hybridized carbons (Fsp3) is 0.256. The summed E-state index contributed by atoms with van der Waals surface area (Å²) < 4.78 is 16.7. The predicted molar refractivity (Wildman–Crippen MR) is 206 cm³/mol. The number of alkyl carbamates (subject to hydrolysis) is 2. The van der Waals surface area contributed by atoms with Crippen molar-refractivity contribution in [3.63, 3.8) is 0 Å². The van der Waals surface area contributed by atoms with Gasteiger partial charge in [0, 0.05) is 18.8 Å². The van der Waals surface area contributed by atoms with Crippen LogP contribution in [0.25, 0.3) is 5.82 Å². The molecule has 2 atom stereocenters. The summed E-state index contributed by atoms with van der Waals surface area (Å²) >= 11 is 0. The SMILES string of the molecule is C=C(NC(=O)OCc1ccccc1)n1cccn1.NCC[C@H](O)C(=O)O.O=C(N=C(CCC[C@H](O)C(=O)O)NC(=O)OCc1ccccc1)OCc1ccccc1. The van der Waals surface area contributed by atoms with Crippen molar-refractivity contribution in [2.24, 2.45) is 10.7 Å². The fourth-order valence-corrected chi connectivity index (χ4v) is 4.12. The van der Waals surface area contributed by atoms with Gasteiger partial charge in [-0.25, -0.2) is 28.7 Å². The molecule has 0 unspecified atom stereocenters. The molecule has 4 rings (SSSR count). The number of benzene rings is 3. The summed E-state index contributed by atoms with van der Waals surface area (Å²) in [7, 11) is 0. The van der Waals surface area contributed by atoms with Crippen molar-refractivity contribution in [1.82, 2.24) is 20.4 Å². The summed E-state index contributed by atoms with van der Waals surface area (Å²) in [6.45, 7) is 4.13. The molecule has 0 aliphatic rings. The molecule has 1 heterocycles. The van der Waals surface area contributed by atoms with E-state index in [0.717, 1.165) is 16.7 Å². The Hall–Kier alpha value is -6.89.